The van der Waals surface area contributed by atoms with Crippen LogP contribution in [-0.4, -0.2) is 12.9 Å². The Morgan fingerprint density at radius 3 is 2.68 bits per heavy atom. The fraction of sp³-hybridized carbons (Fsp3) is 0.0714. The smallest absolute Gasteiger partial charge is 0.198 e. The topological polar surface area (TPSA) is 52.3 Å². The zero-order valence-electron chi connectivity index (χ0n) is 10.1. The van der Waals surface area contributed by atoms with Crippen molar-refractivity contribution in [1.82, 2.24) is 0 Å². The molecule has 0 aliphatic heterocycles. The molecule has 2 aromatic carbocycles. The molecule has 98 valence electrons. The molecular weight excluding hydrogens is 377 g/mol. The number of benzene rings is 2. The maximum Gasteiger partial charge on any atom is 0.198 e. The second kappa shape index (κ2) is 5.79. The van der Waals surface area contributed by atoms with Crippen molar-refractivity contribution in [3.8, 4) is 5.75 Å². The molecule has 0 saturated carbocycles. The van der Waals surface area contributed by atoms with E-state index in [9.17, 15) is 4.79 Å². The molecule has 0 atom stereocenters. The Balaban J connectivity index is 2.56. The average Bonchev–Trinajstić information content (AvgIpc) is 2.41. The molecule has 0 amide bonds. The Bertz CT molecular complexity index is 643. The molecule has 0 heterocycles. The number of carbonyl (C=O) groups is 1. The monoisotopic (exact) mass is 387 g/mol. The van der Waals surface area contributed by atoms with Crippen LogP contribution in [0.2, 0.25) is 5.02 Å². The number of anilines is 1. The van der Waals surface area contributed by atoms with E-state index in [2.05, 4.69) is 22.6 Å². The van der Waals surface area contributed by atoms with Gasteiger partial charge in [-0.25, -0.2) is 0 Å². The Morgan fingerprint density at radius 2 is 2.00 bits per heavy atom. The van der Waals surface area contributed by atoms with Crippen molar-refractivity contribution in [3.63, 3.8) is 0 Å². The molecule has 2 N–H and O–H groups in total. The number of rotatable bonds is 3. The van der Waals surface area contributed by atoms with Crippen molar-refractivity contribution in [2.75, 3.05) is 12.8 Å². The molecular formula is C14H11ClINO2. The molecule has 5 heteroatoms. The van der Waals surface area contributed by atoms with Crippen LogP contribution in [-0.2, 0) is 0 Å². The molecule has 0 saturated heterocycles. The lowest BCUT2D eigenvalue weighted by Crippen LogP contribution is -2.06. The summed E-state index contributed by atoms with van der Waals surface area (Å²) in [7, 11) is 1.53. The van der Waals surface area contributed by atoms with Crippen LogP contribution in [0.3, 0.4) is 0 Å². The first-order valence-electron chi connectivity index (χ1n) is 5.47. The van der Waals surface area contributed by atoms with Gasteiger partial charge in [-0.1, -0.05) is 17.7 Å². The van der Waals surface area contributed by atoms with Crippen LogP contribution >= 0.6 is 34.2 Å². The van der Waals surface area contributed by atoms with E-state index in [1.165, 1.54) is 7.11 Å². The van der Waals surface area contributed by atoms with Crippen LogP contribution in [0, 0.1) is 3.57 Å². The van der Waals surface area contributed by atoms with Gasteiger partial charge in [0.25, 0.3) is 0 Å². The van der Waals surface area contributed by atoms with E-state index < -0.39 is 0 Å². The van der Waals surface area contributed by atoms with Crippen molar-refractivity contribution in [1.29, 1.82) is 0 Å². The predicted octanol–water partition coefficient (Wildman–Crippen LogP) is 3.77. The van der Waals surface area contributed by atoms with Crippen LogP contribution in [0.5, 0.6) is 5.75 Å². The first-order chi connectivity index (χ1) is 9.04. The molecule has 0 bridgehead atoms. The molecule has 0 fully saturated rings. The van der Waals surface area contributed by atoms with Crippen molar-refractivity contribution in [2.24, 2.45) is 0 Å². The first kappa shape index (κ1) is 14.1. The van der Waals surface area contributed by atoms with E-state index >= 15 is 0 Å². The number of ether oxygens (including phenoxy) is 1. The van der Waals surface area contributed by atoms with E-state index in [-0.39, 0.29) is 10.8 Å². The Kier molecular flexibility index (Phi) is 4.31. The summed E-state index contributed by atoms with van der Waals surface area (Å²) in [5.74, 6) is 0.316. The summed E-state index contributed by atoms with van der Waals surface area (Å²) in [4.78, 5) is 12.5. The van der Waals surface area contributed by atoms with E-state index in [1.54, 1.807) is 30.3 Å². The van der Waals surface area contributed by atoms with Gasteiger partial charge < -0.3 is 10.5 Å². The molecule has 2 rings (SSSR count). The second-order valence-corrected chi connectivity index (χ2v) is 5.51. The molecule has 0 radical (unpaired) electrons. The van der Waals surface area contributed by atoms with Crippen LogP contribution in [0.1, 0.15) is 15.9 Å². The highest BCUT2D eigenvalue weighted by Crippen LogP contribution is 2.29. The number of hydrogen-bond donors (Lipinski definition) is 1. The fourth-order valence-corrected chi connectivity index (χ4v) is 2.43. The van der Waals surface area contributed by atoms with Gasteiger partial charge in [0.2, 0.25) is 0 Å². The van der Waals surface area contributed by atoms with Gasteiger partial charge in [0.15, 0.2) is 5.78 Å². The summed E-state index contributed by atoms with van der Waals surface area (Å²) in [5, 5.41) is 0.272. The number of halogens is 2. The number of nitrogens with two attached hydrogens (primary N) is 1. The molecule has 2 aromatic rings. The first-order valence-corrected chi connectivity index (χ1v) is 6.92. The quantitative estimate of drug-likeness (QED) is 0.495. The average molecular weight is 388 g/mol. The summed E-state index contributed by atoms with van der Waals surface area (Å²) >= 11 is 8.23. The molecule has 0 aliphatic carbocycles. The van der Waals surface area contributed by atoms with Gasteiger partial charge in [-0.3, -0.25) is 4.79 Å². The third-order valence-corrected chi connectivity index (χ3v) is 3.77. The summed E-state index contributed by atoms with van der Waals surface area (Å²) < 4.78 is 6.16. The third kappa shape index (κ3) is 2.84. The number of methoxy groups -OCH3 is 1. The van der Waals surface area contributed by atoms with Crippen LogP contribution in [0.15, 0.2) is 36.4 Å². The number of nitrogen functional groups attached to an aromatic ring is 1. The molecule has 0 aliphatic rings. The van der Waals surface area contributed by atoms with Gasteiger partial charge in [-0.2, -0.15) is 0 Å². The minimum Gasteiger partial charge on any atom is -0.496 e. The van der Waals surface area contributed by atoms with E-state index in [1.807, 2.05) is 6.07 Å². The molecule has 3 nitrogen and oxygen atoms in total. The molecule has 0 aromatic heterocycles. The van der Waals surface area contributed by atoms with Crippen molar-refractivity contribution in [2.45, 2.75) is 0 Å². The summed E-state index contributed by atoms with van der Waals surface area (Å²) in [6.07, 6.45) is 0. The third-order valence-electron chi connectivity index (χ3n) is 2.68. The van der Waals surface area contributed by atoms with E-state index in [4.69, 9.17) is 22.1 Å². The van der Waals surface area contributed by atoms with Crippen molar-refractivity contribution < 1.29 is 9.53 Å². The van der Waals surface area contributed by atoms with Gasteiger partial charge in [0, 0.05) is 9.13 Å². The highest BCUT2D eigenvalue weighted by atomic mass is 127. The Morgan fingerprint density at radius 1 is 1.26 bits per heavy atom. The maximum absolute atomic E-state index is 12.5. The van der Waals surface area contributed by atoms with Gasteiger partial charge >= 0.3 is 0 Å². The van der Waals surface area contributed by atoms with Crippen molar-refractivity contribution >= 4 is 45.7 Å². The second-order valence-electron chi connectivity index (χ2n) is 3.88. The van der Waals surface area contributed by atoms with Crippen LogP contribution < -0.4 is 10.5 Å². The van der Waals surface area contributed by atoms with Crippen molar-refractivity contribution in [3.05, 3.63) is 56.1 Å². The van der Waals surface area contributed by atoms with Gasteiger partial charge in [0.1, 0.15) is 5.75 Å². The Hall–Kier alpha value is -1.27. The highest BCUT2D eigenvalue weighted by molar-refractivity contribution is 14.1. The summed E-state index contributed by atoms with van der Waals surface area (Å²) in [5.41, 5.74) is 6.96. The Labute approximate surface area is 129 Å². The van der Waals surface area contributed by atoms with Crippen LogP contribution in [0.25, 0.3) is 0 Å². The zero-order valence-corrected chi connectivity index (χ0v) is 13.0. The predicted molar refractivity (Wildman–Crippen MR) is 85.0 cm³/mol. The normalized spacial score (nSPS) is 10.3. The van der Waals surface area contributed by atoms with Gasteiger partial charge in [-0.05, 0) is 52.9 Å². The minimum atomic E-state index is -0.201. The van der Waals surface area contributed by atoms with Gasteiger partial charge in [-0.15, -0.1) is 0 Å². The number of carbonyl (C=O) groups excluding carboxylic acids is 1. The molecule has 0 spiro atoms. The fourth-order valence-electron chi connectivity index (χ4n) is 1.73. The lowest BCUT2D eigenvalue weighted by Gasteiger charge is -2.10. The number of ketones is 1. The summed E-state index contributed by atoms with van der Waals surface area (Å²) in [6, 6.07) is 10.4. The van der Waals surface area contributed by atoms with E-state index in [0.29, 0.717) is 22.6 Å². The zero-order chi connectivity index (χ0) is 14.0. The number of hydrogen-bond acceptors (Lipinski definition) is 3. The molecule has 0 unspecified atom stereocenters. The SMILES string of the molecule is COc1ccc(I)cc1C(=O)c1cccc(N)c1Cl. The van der Waals surface area contributed by atoms with Crippen LogP contribution in [0.4, 0.5) is 5.69 Å². The lowest BCUT2D eigenvalue weighted by molar-refractivity contribution is 0.103. The highest BCUT2D eigenvalue weighted by Gasteiger charge is 2.18. The van der Waals surface area contributed by atoms with Gasteiger partial charge in [0.05, 0.1) is 23.4 Å². The minimum absolute atomic E-state index is 0.201. The standard InChI is InChI=1S/C14H11ClINO2/c1-19-12-6-5-8(16)7-10(12)14(18)9-3-2-4-11(17)13(9)15/h2-7H,17H2,1H3. The van der Waals surface area contributed by atoms with E-state index in [0.717, 1.165) is 3.57 Å². The summed E-state index contributed by atoms with van der Waals surface area (Å²) in [6.45, 7) is 0. The largest absolute Gasteiger partial charge is 0.496 e. The lowest BCUT2D eigenvalue weighted by atomic mass is 10.0. The molecule has 19 heavy (non-hydrogen) atoms. The maximum atomic E-state index is 12.5.